The Morgan fingerprint density at radius 3 is 2.80 bits per heavy atom. The number of anilines is 1. The van der Waals surface area contributed by atoms with Crippen molar-refractivity contribution in [3.63, 3.8) is 0 Å². The van der Waals surface area contributed by atoms with Gasteiger partial charge in [0.2, 0.25) is 11.8 Å². The van der Waals surface area contributed by atoms with Crippen LogP contribution in [0.5, 0.6) is 5.88 Å². The highest BCUT2D eigenvalue weighted by molar-refractivity contribution is 5.82. The molecule has 2 aromatic heterocycles. The van der Waals surface area contributed by atoms with Crippen LogP contribution in [0.2, 0.25) is 0 Å². The normalized spacial score (nSPS) is 19.5. The second-order valence-electron chi connectivity index (χ2n) is 8.62. The van der Waals surface area contributed by atoms with E-state index >= 15 is 0 Å². The number of aromatic nitrogens is 3. The monoisotopic (exact) mass is 406 g/mol. The van der Waals surface area contributed by atoms with E-state index in [1.54, 1.807) is 7.11 Å². The lowest BCUT2D eigenvalue weighted by Gasteiger charge is -2.48. The molecule has 0 saturated carbocycles. The number of aromatic amines is 1. The van der Waals surface area contributed by atoms with Crippen LogP contribution >= 0.6 is 0 Å². The molecule has 0 atom stereocenters. The molecule has 2 saturated heterocycles. The van der Waals surface area contributed by atoms with Crippen LogP contribution in [0.3, 0.4) is 0 Å². The Balaban J connectivity index is 1.26. The van der Waals surface area contributed by atoms with Crippen molar-refractivity contribution in [3.05, 3.63) is 47.8 Å². The Labute approximate surface area is 177 Å². The first-order valence-electron chi connectivity index (χ1n) is 10.8. The van der Waals surface area contributed by atoms with Crippen molar-refractivity contribution in [1.82, 2.24) is 25.2 Å². The third-order valence-electron chi connectivity index (χ3n) is 6.55. The molecular formula is C23H30N6O. The van der Waals surface area contributed by atoms with Gasteiger partial charge in [0, 0.05) is 73.7 Å². The summed E-state index contributed by atoms with van der Waals surface area (Å²) in [6, 6.07) is 10.4. The Kier molecular flexibility index (Phi) is 5.08. The third kappa shape index (κ3) is 3.75. The van der Waals surface area contributed by atoms with Crippen LogP contribution in [0.1, 0.15) is 24.1 Å². The van der Waals surface area contributed by atoms with Crippen LogP contribution in [0.4, 0.5) is 5.95 Å². The van der Waals surface area contributed by atoms with Crippen LogP contribution in [0.25, 0.3) is 10.9 Å². The molecule has 5 rings (SSSR count). The van der Waals surface area contributed by atoms with Crippen LogP contribution in [-0.4, -0.2) is 65.2 Å². The van der Waals surface area contributed by atoms with Crippen molar-refractivity contribution >= 4 is 16.9 Å². The Morgan fingerprint density at radius 1 is 1.13 bits per heavy atom. The number of benzene rings is 1. The number of piperazine rings is 1. The summed E-state index contributed by atoms with van der Waals surface area (Å²) in [5.41, 5.74) is 3.73. The van der Waals surface area contributed by atoms with Gasteiger partial charge in [-0.05, 0) is 31.4 Å². The molecule has 2 fully saturated rings. The first kappa shape index (κ1) is 19.3. The molecule has 7 nitrogen and oxygen atoms in total. The number of H-pyrrole nitrogens is 1. The molecule has 0 bridgehead atoms. The minimum absolute atomic E-state index is 0.175. The molecule has 0 aliphatic carbocycles. The number of nitrogens with zero attached hydrogens (tertiary/aromatic N) is 4. The SMILES string of the molecule is COc1cc(C)nc(N2CCC3(CC2)CN(Cc2c[nH]c4ccccc24)CCN3)n1. The standard InChI is InChI=1S/C23H30N6O/c1-17-13-21(30-2)27-22(26-17)29-10-7-23(8-11-29)16-28(12-9-25-23)15-18-14-24-20-6-4-3-5-19(18)20/h3-6,13-14,24-25H,7-12,15-16H2,1-2H3. The number of rotatable bonds is 4. The molecule has 4 heterocycles. The van der Waals surface area contributed by atoms with Crippen molar-refractivity contribution in [2.45, 2.75) is 31.8 Å². The second-order valence-corrected chi connectivity index (χ2v) is 8.62. The van der Waals surface area contributed by atoms with Crippen molar-refractivity contribution in [1.29, 1.82) is 0 Å². The lowest BCUT2D eigenvalue weighted by molar-refractivity contribution is 0.105. The van der Waals surface area contributed by atoms with E-state index in [1.807, 2.05) is 13.0 Å². The molecule has 30 heavy (non-hydrogen) atoms. The summed E-state index contributed by atoms with van der Waals surface area (Å²) in [6.45, 7) is 8.11. The number of ether oxygens (including phenoxy) is 1. The number of piperidine rings is 1. The number of hydrogen-bond donors (Lipinski definition) is 2. The summed E-state index contributed by atoms with van der Waals surface area (Å²) in [6.07, 6.45) is 4.36. The largest absolute Gasteiger partial charge is 0.481 e. The van der Waals surface area contributed by atoms with Gasteiger partial charge in [0.25, 0.3) is 0 Å². The van der Waals surface area contributed by atoms with E-state index < -0.39 is 0 Å². The fourth-order valence-electron chi connectivity index (χ4n) is 4.92. The van der Waals surface area contributed by atoms with Crippen LogP contribution < -0.4 is 15.0 Å². The smallest absolute Gasteiger partial charge is 0.228 e. The number of para-hydroxylation sites is 1. The van der Waals surface area contributed by atoms with E-state index in [2.05, 4.69) is 60.5 Å². The quantitative estimate of drug-likeness (QED) is 0.694. The van der Waals surface area contributed by atoms with Crippen molar-refractivity contribution in [2.24, 2.45) is 0 Å². The molecule has 2 N–H and O–H groups in total. The molecule has 158 valence electrons. The van der Waals surface area contributed by atoms with Crippen molar-refractivity contribution in [2.75, 3.05) is 44.7 Å². The maximum absolute atomic E-state index is 5.33. The van der Waals surface area contributed by atoms with Crippen LogP contribution in [0, 0.1) is 6.92 Å². The summed E-state index contributed by atoms with van der Waals surface area (Å²) >= 11 is 0. The average Bonchev–Trinajstić information content (AvgIpc) is 3.17. The first-order chi connectivity index (χ1) is 14.6. The Morgan fingerprint density at radius 2 is 1.97 bits per heavy atom. The van der Waals surface area contributed by atoms with Gasteiger partial charge in [-0.15, -0.1) is 0 Å². The molecule has 3 aromatic rings. The van der Waals surface area contributed by atoms with Gasteiger partial charge in [-0.25, -0.2) is 4.98 Å². The number of hydrogen-bond acceptors (Lipinski definition) is 6. The van der Waals surface area contributed by atoms with Crippen molar-refractivity contribution < 1.29 is 4.74 Å². The lowest BCUT2D eigenvalue weighted by atomic mass is 9.85. The molecular weight excluding hydrogens is 376 g/mol. The minimum Gasteiger partial charge on any atom is -0.481 e. The van der Waals surface area contributed by atoms with E-state index in [9.17, 15) is 0 Å². The molecule has 0 radical (unpaired) electrons. The zero-order chi connectivity index (χ0) is 20.6. The van der Waals surface area contributed by atoms with Gasteiger partial charge in [-0.2, -0.15) is 4.98 Å². The predicted molar refractivity (Wildman–Crippen MR) is 119 cm³/mol. The van der Waals surface area contributed by atoms with E-state index in [1.165, 1.54) is 16.5 Å². The highest BCUT2D eigenvalue weighted by Gasteiger charge is 2.38. The van der Waals surface area contributed by atoms with Crippen LogP contribution in [0.15, 0.2) is 36.5 Å². The molecule has 1 spiro atoms. The molecule has 1 aromatic carbocycles. The lowest BCUT2D eigenvalue weighted by Crippen LogP contribution is -2.64. The highest BCUT2D eigenvalue weighted by Crippen LogP contribution is 2.29. The van der Waals surface area contributed by atoms with Gasteiger partial charge in [0.1, 0.15) is 0 Å². The van der Waals surface area contributed by atoms with Gasteiger partial charge in [0.05, 0.1) is 7.11 Å². The fraction of sp³-hybridized carbons (Fsp3) is 0.478. The van der Waals surface area contributed by atoms with Gasteiger partial charge in [-0.3, -0.25) is 4.90 Å². The van der Waals surface area contributed by atoms with Gasteiger partial charge in [0.15, 0.2) is 0 Å². The van der Waals surface area contributed by atoms with E-state index in [-0.39, 0.29) is 5.54 Å². The summed E-state index contributed by atoms with van der Waals surface area (Å²) in [4.78, 5) is 17.5. The molecule has 0 unspecified atom stereocenters. The highest BCUT2D eigenvalue weighted by atomic mass is 16.5. The van der Waals surface area contributed by atoms with E-state index in [4.69, 9.17) is 4.74 Å². The minimum atomic E-state index is 0.175. The zero-order valence-corrected chi connectivity index (χ0v) is 17.8. The Bertz CT molecular complexity index is 1020. The van der Waals surface area contributed by atoms with Gasteiger partial charge in [-0.1, -0.05) is 18.2 Å². The van der Waals surface area contributed by atoms with E-state index in [0.717, 1.165) is 63.8 Å². The number of methoxy groups -OCH3 is 1. The summed E-state index contributed by atoms with van der Waals surface area (Å²) in [7, 11) is 1.66. The van der Waals surface area contributed by atoms with E-state index in [0.29, 0.717) is 5.88 Å². The summed E-state index contributed by atoms with van der Waals surface area (Å²) < 4.78 is 5.33. The number of nitrogens with one attached hydrogen (secondary N) is 2. The summed E-state index contributed by atoms with van der Waals surface area (Å²) in [5.74, 6) is 1.42. The Hall–Kier alpha value is -2.64. The van der Waals surface area contributed by atoms with Gasteiger partial charge >= 0.3 is 0 Å². The number of fused-ring (bicyclic) bond motifs is 1. The maximum Gasteiger partial charge on any atom is 0.228 e. The predicted octanol–water partition coefficient (Wildman–Crippen LogP) is 2.72. The molecule has 2 aliphatic heterocycles. The molecule has 7 heteroatoms. The van der Waals surface area contributed by atoms with Crippen LogP contribution in [-0.2, 0) is 6.54 Å². The summed E-state index contributed by atoms with van der Waals surface area (Å²) in [5, 5.41) is 5.18. The second kappa shape index (κ2) is 7.89. The van der Waals surface area contributed by atoms with Gasteiger partial charge < -0.3 is 19.9 Å². The fourth-order valence-corrected chi connectivity index (χ4v) is 4.92. The molecule has 2 aliphatic rings. The topological polar surface area (TPSA) is 69.3 Å². The zero-order valence-electron chi connectivity index (χ0n) is 17.8. The number of aryl methyl sites for hydroxylation is 1. The first-order valence-corrected chi connectivity index (χ1v) is 10.8. The van der Waals surface area contributed by atoms with Crippen molar-refractivity contribution in [3.8, 4) is 5.88 Å². The third-order valence-corrected chi connectivity index (χ3v) is 6.55. The molecule has 0 amide bonds. The average molecular weight is 407 g/mol. The maximum atomic E-state index is 5.33.